The van der Waals surface area contributed by atoms with Gasteiger partial charge in [0.25, 0.3) is 0 Å². The van der Waals surface area contributed by atoms with Gasteiger partial charge in [-0.05, 0) is 18.1 Å². The predicted molar refractivity (Wildman–Crippen MR) is 83.1 cm³/mol. The van der Waals surface area contributed by atoms with Crippen LogP contribution in [-0.2, 0) is 14.9 Å². The van der Waals surface area contributed by atoms with E-state index >= 15 is 0 Å². The van der Waals surface area contributed by atoms with E-state index in [0.29, 0.717) is 6.61 Å². The molecule has 2 nitrogen and oxygen atoms in total. The lowest BCUT2D eigenvalue weighted by Crippen LogP contribution is -2.14. The Morgan fingerprint density at radius 3 is 2.19 bits per heavy atom. The lowest BCUT2D eigenvalue weighted by atomic mass is 9.92. The van der Waals surface area contributed by atoms with Gasteiger partial charge < -0.3 is 4.74 Å². The maximum atomic E-state index is 12.4. The molecule has 0 saturated heterocycles. The van der Waals surface area contributed by atoms with E-state index in [1.165, 1.54) is 11.1 Å². The standard InChI is InChI=1S/C19H20O2/c1-3-21-18(20)17-16(14-10-6-4-7-11-14)19(17,2)15-12-8-5-9-13-15/h4-13,16-17H,3H2,1-2H3/t16-,17?,19+/m0/s1. The van der Waals surface area contributed by atoms with Crippen LogP contribution in [0.4, 0.5) is 0 Å². The third-order valence-electron chi connectivity index (χ3n) is 4.61. The fourth-order valence-corrected chi connectivity index (χ4v) is 3.48. The monoisotopic (exact) mass is 280 g/mol. The van der Waals surface area contributed by atoms with Crippen LogP contribution in [0.3, 0.4) is 0 Å². The molecule has 0 amide bonds. The molecule has 0 bridgehead atoms. The van der Waals surface area contributed by atoms with Crippen LogP contribution >= 0.6 is 0 Å². The number of benzene rings is 2. The van der Waals surface area contributed by atoms with Crippen molar-refractivity contribution in [1.29, 1.82) is 0 Å². The summed E-state index contributed by atoms with van der Waals surface area (Å²) in [4.78, 5) is 12.4. The molecule has 1 saturated carbocycles. The SMILES string of the molecule is CCOC(=O)C1[C@H](c2ccccc2)[C@@]1(C)c1ccccc1. The van der Waals surface area contributed by atoms with Crippen molar-refractivity contribution in [2.75, 3.05) is 6.61 Å². The zero-order chi connectivity index (χ0) is 14.9. The Kier molecular flexibility index (Phi) is 3.54. The lowest BCUT2D eigenvalue weighted by molar-refractivity contribution is -0.145. The minimum atomic E-state index is -0.172. The molecule has 3 atom stereocenters. The molecule has 1 unspecified atom stereocenters. The summed E-state index contributed by atoms with van der Waals surface area (Å²) in [5.74, 6) is 0.0140. The molecule has 2 aromatic rings. The number of carbonyl (C=O) groups excluding carboxylic acids is 1. The first-order valence-electron chi connectivity index (χ1n) is 7.46. The maximum absolute atomic E-state index is 12.4. The van der Waals surface area contributed by atoms with Crippen LogP contribution in [0.1, 0.15) is 30.9 Å². The van der Waals surface area contributed by atoms with E-state index in [1.54, 1.807) is 0 Å². The van der Waals surface area contributed by atoms with Crippen molar-refractivity contribution in [2.24, 2.45) is 5.92 Å². The molecule has 108 valence electrons. The summed E-state index contributed by atoms with van der Waals surface area (Å²) in [5, 5.41) is 0. The van der Waals surface area contributed by atoms with E-state index in [1.807, 2.05) is 43.3 Å². The molecule has 1 aliphatic carbocycles. The average molecular weight is 280 g/mol. The van der Waals surface area contributed by atoms with Gasteiger partial charge in [0.2, 0.25) is 0 Å². The quantitative estimate of drug-likeness (QED) is 0.793. The third kappa shape index (κ3) is 2.25. The smallest absolute Gasteiger partial charge is 0.310 e. The molecule has 0 N–H and O–H groups in total. The van der Waals surface area contributed by atoms with E-state index < -0.39 is 0 Å². The molecule has 1 aliphatic rings. The van der Waals surface area contributed by atoms with Gasteiger partial charge in [-0.3, -0.25) is 4.79 Å². The van der Waals surface area contributed by atoms with Gasteiger partial charge in [0.05, 0.1) is 12.5 Å². The normalized spacial score (nSPS) is 27.1. The lowest BCUT2D eigenvalue weighted by Gasteiger charge is -2.12. The van der Waals surface area contributed by atoms with Crippen LogP contribution in [0.2, 0.25) is 0 Å². The van der Waals surface area contributed by atoms with Gasteiger partial charge in [-0.1, -0.05) is 67.6 Å². The van der Waals surface area contributed by atoms with Gasteiger partial charge in [-0.15, -0.1) is 0 Å². The number of hydrogen-bond donors (Lipinski definition) is 0. The summed E-state index contributed by atoms with van der Waals surface area (Å²) in [6.45, 7) is 4.46. The molecule has 0 aromatic heterocycles. The van der Waals surface area contributed by atoms with E-state index in [9.17, 15) is 4.79 Å². The van der Waals surface area contributed by atoms with Crippen LogP contribution in [0, 0.1) is 5.92 Å². The van der Waals surface area contributed by atoms with Crippen molar-refractivity contribution in [3.8, 4) is 0 Å². The van der Waals surface area contributed by atoms with E-state index in [4.69, 9.17) is 4.74 Å². The Morgan fingerprint density at radius 2 is 1.62 bits per heavy atom. The second-order valence-corrected chi connectivity index (χ2v) is 5.77. The van der Waals surface area contributed by atoms with Crippen molar-refractivity contribution in [3.05, 3.63) is 71.8 Å². The molecular formula is C19H20O2. The third-order valence-corrected chi connectivity index (χ3v) is 4.61. The van der Waals surface area contributed by atoms with E-state index in [2.05, 4.69) is 31.2 Å². The van der Waals surface area contributed by atoms with Crippen LogP contribution in [-0.4, -0.2) is 12.6 Å². The Balaban J connectivity index is 1.99. The highest BCUT2D eigenvalue weighted by Crippen LogP contribution is 2.65. The molecule has 0 aliphatic heterocycles. The molecule has 1 fully saturated rings. The Morgan fingerprint density at radius 1 is 1.05 bits per heavy atom. The summed E-state index contributed by atoms with van der Waals surface area (Å²) in [6.07, 6.45) is 0. The van der Waals surface area contributed by atoms with Crippen LogP contribution in [0.15, 0.2) is 60.7 Å². The van der Waals surface area contributed by atoms with Crippen LogP contribution < -0.4 is 0 Å². The highest BCUT2D eigenvalue weighted by atomic mass is 16.5. The number of hydrogen-bond acceptors (Lipinski definition) is 2. The van der Waals surface area contributed by atoms with E-state index in [-0.39, 0.29) is 23.2 Å². The second-order valence-electron chi connectivity index (χ2n) is 5.77. The van der Waals surface area contributed by atoms with Gasteiger partial charge in [0, 0.05) is 11.3 Å². The Bertz CT molecular complexity index is 621. The summed E-state index contributed by atoms with van der Waals surface area (Å²) in [5.41, 5.74) is 2.24. The number of ether oxygens (including phenoxy) is 1. The highest BCUT2D eigenvalue weighted by Gasteiger charge is 2.66. The molecule has 2 aromatic carbocycles. The predicted octanol–water partition coefficient (Wildman–Crippen LogP) is 3.92. The highest BCUT2D eigenvalue weighted by molar-refractivity contribution is 5.82. The first-order valence-corrected chi connectivity index (χ1v) is 7.46. The minimum Gasteiger partial charge on any atom is -0.466 e. The van der Waals surface area contributed by atoms with Crippen molar-refractivity contribution < 1.29 is 9.53 Å². The fraction of sp³-hybridized carbons (Fsp3) is 0.316. The van der Waals surface area contributed by atoms with Gasteiger partial charge in [0.1, 0.15) is 0 Å². The first-order chi connectivity index (χ1) is 10.2. The molecule has 0 spiro atoms. The molecule has 0 heterocycles. The zero-order valence-electron chi connectivity index (χ0n) is 12.5. The van der Waals surface area contributed by atoms with Crippen LogP contribution in [0.5, 0.6) is 0 Å². The fourth-order valence-electron chi connectivity index (χ4n) is 3.48. The molecule has 0 radical (unpaired) electrons. The van der Waals surface area contributed by atoms with Gasteiger partial charge in [-0.25, -0.2) is 0 Å². The number of rotatable bonds is 4. The summed E-state index contributed by atoms with van der Waals surface area (Å²) < 4.78 is 5.30. The van der Waals surface area contributed by atoms with Crippen molar-refractivity contribution in [2.45, 2.75) is 25.2 Å². The second kappa shape index (κ2) is 5.36. The van der Waals surface area contributed by atoms with Crippen LogP contribution in [0.25, 0.3) is 0 Å². The van der Waals surface area contributed by atoms with Crippen molar-refractivity contribution in [1.82, 2.24) is 0 Å². The van der Waals surface area contributed by atoms with Gasteiger partial charge in [0.15, 0.2) is 0 Å². The van der Waals surface area contributed by atoms with Gasteiger partial charge in [-0.2, -0.15) is 0 Å². The molecule has 21 heavy (non-hydrogen) atoms. The van der Waals surface area contributed by atoms with Crippen molar-refractivity contribution in [3.63, 3.8) is 0 Å². The van der Waals surface area contributed by atoms with Gasteiger partial charge >= 0.3 is 5.97 Å². The number of carbonyl (C=O) groups is 1. The van der Waals surface area contributed by atoms with Crippen molar-refractivity contribution >= 4 is 5.97 Å². The summed E-state index contributed by atoms with van der Waals surface area (Å²) >= 11 is 0. The Hall–Kier alpha value is -2.09. The topological polar surface area (TPSA) is 26.3 Å². The molecule has 2 heteroatoms. The Labute approximate surface area is 125 Å². The summed E-state index contributed by atoms with van der Waals surface area (Å²) in [7, 11) is 0. The molecular weight excluding hydrogens is 260 g/mol. The first kappa shape index (κ1) is 13.9. The largest absolute Gasteiger partial charge is 0.466 e. The zero-order valence-corrected chi connectivity index (χ0v) is 12.5. The minimum absolute atomic E-state index is 0.0855. The number of esters is 1. The maximum Gasteiger partial charge on any atom is 0.310 e. The average Bonchev–Trinajstić information content (AvgIpc) is 3.17. The van der Waals surface area contributed by atoms with E-state index in [0.717, 1.165) is 0 Å². The summed E-state index contributed by atoms with van der Waals surface area (Å²) in [6, 6.07) is 20.5. The molecule has 3 rings (SSSR count).